The van der Waals surface area contributed by atoms with Gasteiger partial charge in [-0.1, -0.05) is 51.0 Å². The molecule has 0 bridgehead atoms. The number of hydrogen-bond donors (Lipinski definition) is 0. The van der Waals surface area contributed by atoms with Crippen molar-refractivity contribution in [3.63, 3.8) is 0 Å². The van der Waals surface area contributed by atoms with Crippen molar-refractivity contribution in [2.45, 2.75) is 83.9 Å². The number of thiazole rings is 2. The number of rotatable bonds is 10. The third-order valence-electron chi connectivity index (χ3n) is 6.37. The average molecular weight is 699 g/mol. The van der Waals surface area contributed by atoms with Crippen molar-refractivity contribution in [2.75, 3.05) is 0 Å². The topological polar surface area (TPSA) is 73.4 Å². The molecule has 0 spiro atoms. The summed E-state index contributed by atoms with van der Waals surface area (Å²) in [6.45, 7) is 5.61. The van der Waals surface area contributed by atoms with Crippen molar-refractivity contribution in [3.05, 3.63) is 80.8 Å². The number of hydrogen-bond acceptors (Lipinski definition) is 6. The summed E-state index contributed by atoms with van der Waals surface area (Å²) in [7, 11) is 0. The Morgan fingerprint density at radius 1 is 0.696 bits per heavy atom. The number of benzene rings is 2. The highest BCUT2D eigenvalue weighted by molar-refractivity contribution is 7.15. The number of nitriles is 2. The van der Waals surface area contributed by atoms with E-state index >= 15 is 0 Å². The van der Waals surface area contributed by atoms with Gasteiger partial charge < -0.3 is 0 Å². The number of aryl methyl sites for hydroxylation is 2. The molecule has 46 heavy (non-hydrogen) atoms. The first-order valence-electron chi connectivity index (χ1n) is 14.4. The molecule has 0 saturated heterocycles. The van der Waals surface area contributed by atoms with Crippen molar-refractivity contribution in [1.29, 1.82) is 10.5 Å². The summed E-state index contributed by atoms with van der Waals surface area (Å²) in [5.41, 5.74) is 1.89. The second-order valence-electron chi connectivity index (χ2n) is 9.83. The van der Waals surface area contributed by atoms with E-state index in [0.717, 1.165) is 88.9 Å². The first-order chi connectivity index (χ1) is 21.8. The van der Waals surface area contributed by atoms with Gasteiger partial charge >= 0.3 is 12.4 Å². The molecule has 13 heteroatoms. The molecule has 4 aromatic rings. The molecule has 0 aliphatic carbocycles. The molecule has 0 saturated carbocycles. The van der Waals surface area contributed by atoms with Gasteiger partial charge in [0.05, 0.1) is 47.0 Å². The highest BCUT2D eigenvalue weighted by Gasteiger charge is 2.31. The van der Waals surface area contributed by atoms with Crippen LogP contribution in [-0.4, -0.2) is 9.97 Å². The lowest BCUT2D eigenvalue weighted by molar-refractivity contribution is -0.138. The van der Waals surface area contributed by atoms with E-state index in [0.29, 0.717) is 22.0 Å². The molecular formula is C33H33ClF6N4S2. The highest BCUT2D eigenvalue weighted by Crippen LogP contribution is 2.35. The van der Waals surface area contributed by atoms with Crippen LogP contribution in [0.5, 0.6) is 0 Å². The summed E-state index contributed by atoms with van der Waals surface area (Å²) in [6, 6.07) is 13.9. The maximum atomic E-state index is 12.6. The molecular weight excluding hydrogens is 666 g/mol. The quantitative estimate of drug-likeness (QED) is 0.122. The van der Waals surface area contributed by atoms with Crippen molar-refractivity contribution >= 4 is 34.3 Å². The third kappa shape index (κ3) is 11.7. The molecule has 2 heterocycles. The Morgan fingerprint density at radius 2 is 1.07 bits per heavy atom. The Balaban J connectivity index is 0.000000295. The number of halogens is 7. The van der Waals surface area contributed by atoms with E-state index in [9.17, 15) is 26.3 Å². The lowest BCUT2D eigenvalue weighted by atomic mass is 10.1. The van der Waals surface area contributed by atoms with Gasteiger partial charge in [-0.2, -0.15) is 36.9 Å². The first kappa shape index (κ1) is 38.7. The second kappa shape index (κ2) is 18.6. The normalized spacial score (nSPS) is 11.0. The van der Waals surface area contributed by atoms with Gasteiger partial charge in [0.1, 0.15) is 10.0 Å². The zero-order chi connectivity index (χ0) is 34.3. The Kier molecular flexibility index (Phi) is 15.7. The fraction of sp³-hybridized carbons (Fsp3) is 0.394. The first-order valence-corrected chi connectivity index (χ1v) is 16.6. The third-order valence-corrected chi connectivity index (χ3v) is 9.09. The molecule has 0 N–H and O–H groups in total. The summed E-state index contributed by atoms with van der Waals surface area (Å²) in [5.74, 6) is 0.386. The van der Waals surface area contributed by atoms with Gasteiger partial charge in [0.15, 0.2) is 0 Å². The molecule has 0 amide bonds. The molecule has 0 aliphatic rings. The van der Waals surface area contributed by atoms with Crippen molar-refractivity contribution in [1.82, 2.24) is 9.97 Å². The maximum absolute atomic E-state index is 12.6. The Bertz CT molecular complexity index is 1580. The fourth-order valence-electron chi connectivity index (χ4n) is 4.01. The van der Waals surface area contributed by atoms with E-state index in [1.165, 1.54) is 53.9 Å². The van der Waals surface area contributed by atoms with Crippen molar-refractivity contribution in [2.24, 2.45) is 0 Å². The van der Waals surface area contributed by atoms with Gasteiger partial charge in [0.2, 0.25) is 0 Å². The SMILES string of the molecule is CC#N.CCCCc1nc(-c2ccc(C(F)(F)F)cc2)sc1CC#N.CCCCc1nc(-c2ccc(C(F)(F)F)cc2)sc1CCl. The number of unbranched alkanes of at least 4 members (excludes halogenated alkanes) is 2. The molecule has 0 fully saturated rings. The lowest BCUT2D eigenvalue weighted by Gasteiger charge is -2.06. The van der Waals surface area contributed by atoms with E-state index in [4.69, 9.17) is 22.1 Å². The van der Waals surface area contributed by atoms with Gasteiger partial charge in [-0.05, 0) is 49.9 Å². The Labute approximate surface area is 278 Å². The zero-order valence-corrected chi connectivity index (χ0v) is 27.9. The van der Waals surface area contributed by atoms with Crippen LogP contribution >= 0.6 is 34.3 Å². The molecule has 4 rings (SSSR count). The summed E-state index contributed by atoms with van der Waals surface area (Å²) in [6.07, 6.45) is -2.60. The summed E-state index contributed by atoms with van der Waals surface area (Å²) >= 11 is 8.76. The minimum atomic E-state index is -4.33. The summed E-state index contributed by atoms with van der Waals surface area (Å²) in [5, 5.41) is 17.6. The van der Waals surface area contributed by atoms with Crippen molar-refractivity contribution in [3.8, 4) is 33.3 Å². The second-order valence-corrected chi connectivity index (χ2v) is 12.3. The van der Waals surface area contributed by atoms with Crippen LogP contribution in [0.3, 0.4) is 0 Å². The van der Waals surface area contributed by atoms with E-state index in [-0.39, 0.29) is 6.42 Å². The number of alkyl halides is 7. The average Bonchev–Trinajstić information content (AvgIpc) is 3.63. The van der Waals surface area contributed by atoms with Gasteiger partial charge in [-0.15, -0.1) is 34.3 Å². The van der Waals surface area contributed by atoms with Crippen LogP contribution < -0.4 is 0 Å². The summed E-state index contributed by atoms with van der Waals surface area (Å²) in [4.78, 5) is 11.0. The Hall–Kier alpha value is -3.45. The number of aromatic nitrogens is 2. The van der Waals surface area contributed by atoms with Crippen LogP contribution in [0.25, 0.3) is 21.1 Å². The van der Waals surface area contributed by atoms with E-state index < -0.39 is 23.5 Å². The summed E-state index contributed by atoms with van der Waals surface area (Å²) < 4.78 is 75.4. The van der Waals surface area contributed by atoms with Gasteiger partial charge in [-0.25, -0.2) is 9.97 Å². The van der Waals surface area contributed by atoms with Gasteiger partial charge in [-0.3, -0.25) is 0 Å². The minimum Gasteiger partial charge on any atom is -0.241 e. The smallest absolute Gasteiger partial charge is 0.241 e. The minimum absolute atomic E-state index is 0.289. The van der Waals surface area contributed by atoms with Gasteiger partial charge in [0.25, 0.3) is 0 Å². The predicted octanol–water partition coefficient (Wildman–Crippen LogP) is 11.7. The van der Waals surface area contributed by atoms with E-state index in [2.05, 4.69) is 29.9 Å². The molecule has 0 atom stereocenters. The van der Waals surface area contributed by atoms with Crippen LogP contribution in [0.15, 0.2) is 48.5 Å². The van der Waals surface area contributed by atoms with Crippen LogP contribution in [-0.2, 0) is 37.5 Å². The van der Waals surface area contributed by atoms with Crippen molar-refractivity contribution < 1.29 is 26.3 Å². The van der Waals surface area contributed by atoms with Crippen LogP contribution in [0, 0.1) is 22.7 Å². The standard InChI is InChI=1S/C16H15F3N2S.C15H15ClF3NS.C2H3N/c1-2-3-4-13-14(9-10-20)22-15(21-13)11-5-7-12(8-6-11)16(17,18)19;1-2-3-4-12-13(9-16)21-14(20-12)10-5-7-11(8-6-10)15(17,18)19;1-2-3/h5-8H,2-4,9H2,1H3;5-8H,2-4,9H2,1H3;1H3. The largest absolute Gasteiger partial charge is 0.416 e. The molecule has 4 nitrogen and oxygen atoms in total. The zero-order valence-electron chi connectivity index (χ0n) is 25.5. The molecule has 246 valence electrons. The number of nitrogens with zero attached hydrogens (tertiary/aromatic N) is 4. The van der Waals surface area contributed by atoms with E-state index in [1.54, 1.807) is 6.07 Å². The van der Waals surface area contributed by atoms with Crippen LogP contribution in [0.4, 0.5) is 26.3 Å². The fourth-order valence-corrected chi connectivity index (χ4v) is 6.34. The highest BCUT2D eigenvalue weighted by atomic mass is 35.5. The van der Waals surface area contributed by atoms with Crippen LogP contribution in [0.2, 0.25) is 0 Å². The lowest BCUT2D eigenvalue weighted by Crippen LogP contribution is -2.03. The molecule has 0 aliphatic heterocycles. The van der Waals surface area contributed by atoms with Crippen LogP contribution in [0.1, 0.15) is 78.7 Å². The molecule has 0 unspecified atom stereocenters. The monoisotopic (exact) mass is 698 g/mol. The predicted molar refractivity (Wildman–Crippen MR) is 172 cm³/mol. The van der Waals surface area contributed by atoms with Gasteiger partial charge in [0, 0.05) is 27.8 Å². The molecule has 0 radical (unpaired) electrons. The van der Waals surface area contributed by atoms with E-state index in [1.807, 2.05) is 0 Å². The Morgan fingerprint density at radius 3 is 1.39 bits per heavy atom. The molecule has 2 aromatic heterocycles. The molecule has 2 aromatic carbocycles. The maximum Gasteiger partial charge on any atom is 0.416 e.